The molecule has 2 atom stereocenters. The molecule has 0 saturated carbocycles. The van der Waals surface area contributed by atoms with E-state index in [1.807, 2.05) is 4.90 Å². The third kappa shape index (κ3) is 5.82. The van der Waals surface area contributed by atoms with Crippen LogP contribution in [0.5, 0.6) is 0 Å². The van der Waals surface area contributed by atoms with Crippen molar-refractivity contribution in [2.24, 2.45) is 4.99 Å². The molecule has 204 valence electrons. The molecule has 3 aromatic rings. The van der Waals surface area contributed by atoms with Gasteiger partial charge in [0.25, 0.3) is 5.91 Å². The number of benzene rings is 2. The van der Waals surface area contributed by atoms with Crippen LogP contribution < -0.4 is 5.32 Å². The molecular weight excluding hydrogens is 555 g/mol. The summed E-state index contributed by atoms with van der Waals surface area (Å²) in [5.74, 6) is -0.572. The van der Waals surface area contributed by atoms with Crippen LogP contribution in [-0.2, 0) is 22.3 Å². The third-order valence-corrected chi connectivity index (χ3v) is 7.80. The van der Waals surface area contributed by atoms with Gasteiger partial charge in [-0.3, -0.25) is 14.3 Å². The Morgan fingerprint density at radius 1 is 1.28 bits per heavy atom. The molecule has 3 heterocycles. The van der Waals surface area contributed by atoms with Crippen LogP contribution in [0.25, 0.3) is 17.0 Å². The molecule has 2 N–H and O–H groups in total. The molecule has 0 radical (unpaired) electrons. The molecule has 8 nitrogen and oxygen atoms in total. The summed E-state index contributed by atoms with van der Waals surface area (Å²) in [5.41, 5.74) is 0.574. The van der Waals surface area contributed by atoms with Gasteiger partial charge in [0.05, 0.1) is 41.4 Å². The number of hydrogen-bond donors (Lipinski definition) is 2. The molecular formula is C26H23ClF3N5O3S. The highest BCUT2D eigenvalue weighted by Gasteiger charge is 2.38. The van der Waals surface area contributed by atoms with Gasteiger partial charge in [0, 0.05) is 29.9 Å². The number of halogens is 4. The second kappa shape index (κ2) is 10.7. The number of carbonyl (C=O) groups is 2. The van der Waals surface area contributed by atoms with Gasteiger partial charge in [0.2, 0.25) is 5.91 Å². The predicted octanol–water partition coefficient (Wildman–Crippen LogP) is 4.30. The van der Waals surface area contributed by atoms with Crippen LogP contribution >= 0.6 is 23.4 Å². The lowest BCUT2D eigenvalue weighted by Crippen LogP contribution is -2.38. The lowest BCUT2D eigenvalue weighted by molar-refractivity contribution is -0.138. The van der Waals surface area contributed by atoms with Crippen LogP contribution in [0.2, 0.25) is 5.02 Å². The van der Waals surface area contributed by atoms with E-state index in [1.165, 1.54) is 35.5 Å². The topological polar surface area (TPSA) is 99.8 Å². The summed E-state index contributed by atoms with van der Waals surface area (Å²) in [6.07, 6.45) is -0.753. The quantitative estimate of drug-likeness (QED) is 0.439. The first-order valence-electron chi connectivity index (χ1n) is 12.0. The first kappa shape index (κ1) is 27.2. The Hall–Kier alpha value is -3.35. The fraction of sp³-hybridized carbons (Fsp3) is 0.308. The van der Waals surface area contributed by atoms with Crippen molar-refractivity contribution < 1.29 is 27.9 Å². The van der Waals surface area contributed by atoms with E-state index in [4.69, 9.17) is 11.6 Å². The van der Waals surface area contributed by atoms with Gasteiger partial charge in [-0.25, -0.2) is 0 Å². The van der Waals surface area contributed by atoms with E-state index >= 15 is 0 Å². The number of aliphatic hydroxyl groups is 1. The van der Waals surface area contributed by atoms with Crippen molar-refractivity contribution in [1.29, 1.82) is 0 Å². The molecule has 2 aliphatic rings. The average molecular weight is 578 g/mol. The molecule has 1 saturated heterocycles. The monoisotopic (exact) mass is 577 g/mol. The Labute approximate surface area is 230 Å². The Bertz CT molecular complexity index is 1520. The van der Waals surface area contributed by atoms with Gasteiger partial charge in [0.15, 0.2) is 5.17 Å². The predicted molar refractivity (Wildman–Crippen MR) is 143 cm³/mol. The number of alkyl halides is 3. The highest BCUT2D eigenvalue weighted by Crippen LogP contribution is 2.36. The van der Waals surface area contributed by atoms with E-state index in [9.17, 15) is 27.9 Å². The van der Waals surface area contributed by atoms with Gasteiger partial charge in [-0.05, 0) is 59.7 Å². The number of amides is 2. The fourth-order valence-electron chi connectivity index (χ4n) is 4.82. The SMILES string of the molecule is CC(=O)N[C@@H]1C[C@H](CO)N(C2=NC(=O)C(=Cc3ccc4c(cnn4Cc4ccc(Cl)cc4C(F)(F)F)c3)S2)C1. The van der Waals surface area contributed by atoms with E-state index in [2.05, 4.69) is 15.4 Å². The van der Waals surface area contributed by atoms with Crippen molar-refractivity contribution in [1.82, 2.24) is 20.0 Å². The molecule has 39 heavy (non-hydrogen) atoms. The van der Waals surface area contributed by atoms with E-state index in [0.717, 1.165) is 6.07 Å². The van der Waals surface area contributed by atoms with E-state index in [-0.39, 0.29) is 41.7 Å². The van der Waals surface area contributed by atoms with Gasteiger partial charge in [-0.15, -0.1) is 0 Å². The molecule has 2 aliphatic heterocycles. The summed E-state index contributed by atoms with van der Waals surface area (Å²) < 4.78 is 42.0. The Balaban J connectivity index is 1.34. The molecule has 0 bridgehead atoms. The summed E-state index contributed by atoms with van der Waals surface area (Å²) in [7, 11) is 0. The highest BCUT2D eigenvalue weighted by atomic mass is 35.5. The summed E-state index contributed by atoms with van der Waals surface area (Å²) >= 11 is 6.99. The number of carbonyl (C=O) groups excluding carboxylic acids is 2. The van der Waals surface area contributed by atoms with E-state index in [1.54, 1.807) is 30.5 Å². The van der Waals surface area contributed by atoms with Crippen molar-refractivity contribution in [3.8, 4) is 0 Å². The number of fused-ring (bicyclic) bond motifs is 1. The molecule has 1 aromatic heterocycles. The number of aliphatic imine (C=N–C) groups is 1. The minimum atomic E-state index is -4.55. The van der Waals surface area contributed by atoms with Gasteiger partial charge in [-0.1, -0.05) is 23.7 Å². The maximum Gasteiger partial charge on any atom is 0.416 e. The fourth-order valence-corrected chi connectivity index (χ4v) is 5.99. The van der Waals surface area contributed by atoms with Crippen molar-refractivity contribution in [2.75, 3.05) is 13.2 Å². The largest absolute Gasteiger partial charge is 0.416 e. The zero-order valence-corrected chi connectivity index (χ0v) is 22.1. The normalized spacial score (nSPS) is 20.8. The Morgan fingerprint density at radius 3 is 2.79 bits per heavy atom. The summed E-state index contributed by atoms with van der Waals surface area (Å²) in [6.45, 7) is 1.64. The smallest absolute Gasteiger partial charge is 0.394 e. The molecule has 0 spiro atoms. The highest BCUT2D eigenvalue weighted by molar-refractivity contribution is 8.18. The number of aliphatic hydroxyl groups excluding tert-OH is 1. The van der Waals surface area contributed by atoms with Crippen molar-refractivity contribution >= 4 is 57.3 Å². The standard InChI is InChI=1S/C26H23ClF3N5O3S/c1-14(37)32-19-9-20(13-36)34(12-19)25-33-24(38)23(39-25)7-15-2-5-22-17(6-15)10-31-35(22)11-16-3-4-18(27)8-21(16)26(28,29)30/h2-8,10,19-20,36H,9,11-13H2,1H3,(H,32,37)/t19-,20-/m1/s1. The lowest BCUT2D eigenvalue weighted by Gasteiger charge is -2.23. The number of amidine groups is 1. The minimum Gasteiger partial charge on any atom is -0.394 e. The molecule has 0 aliphatic carbocycles. The van der Waals surface area contributed by atoms with E-state index in [0.29, 0.717) is 39.5 Å². The average Bonchev–Trinajstić information content (AvgIpc) is 3.56. The first-order valence-corrected chi connectivity index (χ1v) is 13.2. The number of thioether (sulfide) groups is 1. The maximum absolute atomic E-state index is 13.5. The van der Waals surface area contributed by atoms with E-state index < -0.39 is 17.6 Å². The third-order valence-electron chi connectivity index (χ3n) is 6.55. The Morgan fingerprint density at radius 2 is 2.08 bits per heavy atom. The van der Waals surface area contributed by atoms with Gasteiger partial charge < -0.3 is 15.3 Å². The second-order valence-electron chi connectivity index (χ2n) is 9.35. The maximum atomic E-state index is 13.5. The van der Waals surface area contributed by atoms with Crippen molar-refractivity contribution in [3.05, 3.63) is 69.2 Å². The van der Waals surface area contributed by atoms with Crippen LogP contribution in [0.4, 0.5) is 13.2 Å². The first-order chi connectivity index (χ1) is 18.5. The molecule has 5 rings (SSSR count). The molecule has 1 fully saturated rings. The number of likely N-dealkylation sites (tertiary alicyclic amines) is 1. The summed E-state index contributed by atoms with van der Waals surface area (Å²) in [4.78, 5) is 30.5. The molecule has 13 heteroatoms. The Kier molecular flexibility index (Phi) is 7.45. The number of nitrogens with one attached hydrogen (secondary N) is 1. The van der Waals surface area contributed by atoms with Crippen LogP contribution in [0.1, 0.15) is 30.0 Å². The lowest BCUT2D eigenvalue weighted by atomic mass is 10.1. The molecule has 2 amide bonds. The minimum absolute atomic E-state index is 0.00435. The molecule has 0 unspecified atom stereocenters. The van der Waals surface area contributed by atoms with Crippen LogP contribution in [0.15, 0.2) is 52.5 Å². The second-order valence-corrected chi connectivity index (χ2v) is 10.8. The van der Waals surface area contributed by atoms with Crippen LogP contribution in [0.3, 0.4) is 0 Å². The van der Waals surface area contributed by atoms with Crippen molar-refractivity contribution in [3.63, 3.8) is 0 Å². The number of nitrogens with zero attached hydrogens (tertiary/aromatic N) is 4. The van der Waals surface area contributed by atoms with Gasteiger partial charge in [-0.2, -0.15) is 23.3 Å². The number of rotatable bonds is 5. The van der Waals surface area contributed by atoms with Crippen molar-refractivity contribution in [2.45, 2.75) is 38.1 Å². The van der Waals surface area contributed by atoms with Crippen LogP contribution in [0, 0.1) is 0 Å². The van der Waals surface area contributed by atoms with Crippen LogP contribution in [-0.4, -0.2) is 62.0 Å². The number of hydrogen-bond acceptors (Lipinski definition) is 6. The van der Waals surface area contributed by atoms with Gasteiger partial charge >= 0.3 is 6.18 Å². The zero-order chi connectivity index (χ0) is 27.9. The number of aromatic nitrogens is 2. The summed E-state index contributed by atoms with van der Waals surface area (Å²) in [5, 5.41) is 18.1. The summed E-state index contributed by atoms with van der Waals surface area (Å²) in [6, 6.07) is 8.55. The molecule has 2 aromatic carbocycles. The van der Waals surface area contributed by atoms with Gasteiger partial charge in [0.1, 0.15) is 0 Å². The zero-order valence-electron chi connectivity index (χ0n) is 20.6.